The summed E-state index contributed by atoms with van der Waals surface area (Å²) in [6.07, 6.45) is 2.90. The second-order valence-electron chi connectivity index (χ2n) is 9.21. The number of halogens is 3. The van der Waals surface area contributed by atoms with Crippen molar-refractivity contribution in [3.63, 3.8) is 0 Å². The molecule has 2 N–H and O–H groups in total. The largest absolute Gasteiger partial charge is 0.388 e. The first-order valence-corrected chi connectivity index (χ1v) is 12.5. The minimum Gasteiger partial charge on any atom is -0.388 e. The van der Waals surface area contributed by atoms with E-state index in [-0.39, 0.29) is 58.8 Å². The number of piperazine rings is 1. The number of carbonyl (C=O) groups excluding carboxylic acids is 2. The van der Waals surface area contributed by atoms with Crippen LogP contribution in [-0.2, 0) is 9.59 Å². The van der Waals surface area contributed by atoms with E-state index in [9.17, 15) is 19.1 Å². The molecule has 1 aromatic heterocycles. The van der Waals surface area contributed by atoms with Gasteiger partial charge in [-0.3, -0.25) is 9.59 Å². The highest BCUT2D eigenvalue weighted by Gasteiger charge is 2.29. The molecule has 2 amide bonds. The van der Waals surface area contributed by atoms with Crippen molar-refractivity contribution in [3.8, 4) is 0 Å². The van der Waals surface area contributed by atoms with Gasteiger partial charge in [0.05, 0.1) is 11.1 Å². The Hall–Kier alpha value is -3.57. The number of nitrogens with zero attached hydrogens (tertiary/aromatic N) is 5. The van der Waals surface area contributed by atoms with E-state index < -0.39 is 17.7 Å². The van der Waals surface area contributed by atoms with E-state index in [4.69, 9.17) is 11.6 Å². The molecule has 2 heterocycles. The van der Waals surface area contributed by atoms with Gasteiger partial charge in [0.15, 0.2) is 5.82 Å². The lowest BCUT2D eigenvalue weighted by Crippen LogP contribution is -2.48. The van der Waals surface area contributed by atoms with Crippen molar-refractivity contribution < 1.29 is 23.5 Å². The number of aromatic nitrogens is 2. The molecule has 12 heteroatoms. The first-order valence-electron chi connectivity index (χ1n) is 12.2. The molecule has 1 saturated heterocycles. The van der Waals surface area contributed by atoms with E-state index in [1.54, 1.807) is 19.0 Å². The molecule has 1 fully saturated rings. The van der Waals surface area contributed by atoms with Gasteiger partial charge in [0.1, 0.15) is 17.2 Å². The fourth-order valence-corrected chi connectivity index (χ4v) is 4.77. The number of anilines is 2. The van der Waals surface area contributed by atoms with E-state index >= 15 is 4.39 Å². The van der Waals surface area contributed by atoms with Gasteiger partial charge in [0.25, 0.3) is 0 Å². The number of fused-ring (bicyclic) bond motifs is 1. The Bertz CT molecular complexity index is 1340. The Morgan fingerprint density at radius 1 is 1.26 bits per heavy atom. The SMILES string of the molecule is C=CC(=O)N1CCN(c2nc(NCCC(=O)N(C)C)nc3c(F)c(C4=C(F)C=CCC4O)c(Cl)cc23)CC1. The number of benzene rings is 1. The minimum absolute atomic E-state index is 0.0781. The van der Waals surface area contributed by atoms with Crippen LogP contribution in [0.5, 0.6) is 0 Å². The molecule has 2 aliphatic rings. The Morgan fingerprint density at radius 2 is 1.97 bits per heavy atom. The molecule has 38 heavy (non-hydrogen) atoms. The van der Waals surface area contributed by atoms with Crippen LogP contribution in [0.3, 0.4) is 0 Å². The fraction of sp³-hybridized carbons (Fsp3) is 0.385. The first kappa shape index (κ1) is 27.5. The van der Waals surface area contributed by atoms with Crippen molar-refractivity contribution in [2.24, 2.45) is 0 Å². The third kappa shape index (κ3) is 5.48. The maximum absolute atomic E-state index is 16.1. The van der Waals surface area contributed by atoms with E-state index in [0.717, 1.165) is 0 Å². The number of hydrogen-bond acceptors (Lipinski definition) is 7. The highest BCUT2D eigenvalue weighted by atomic mass is 35.5. The molecule has 4 rings (SSSR count). The fourth-order valence-electron chi connectivity index (χ4n) is 4.47. The number of aliphatic hydroxyl groups is 1. The number of rotatable bonds is 7. The Morgan fingerprint density at radius 3 is 2.61 bits per heavy atom. The van der Waals surface area contributed by atoms with Crippen LogP contribution in [0.25, 0.3) is 16.5 Å². The van der Waals surface area contributed by atoms with Crippen LogP contribution >= 0.6 is 11.6 Å². The van der Waals surface area contributed by atoms with Crippen molar-refractivity contribution >= 4 is 51.7 Å². The molecule has 0 bridgehead atoms. The van der Waals surface area contributed by atoms with Gasteiger partial charge in [-0.25, -0.2) is 13.8 Å². The van der Waals surface area contributed by atoms with Crippen molar-refractivity contribution in [2.45, 2.75) is 18.9 Å². The summed E-state index contributed by atoms with van der Waals surface area (Å²) in [5.74, 6) is -1.49. The third-order valence-electron chi connectivity index (χ3n) is 6.53. The lowest BCUT2D eigenvalue weighted by molar-refractivity contribution is -0.128. The summed E-state index contributed by atoms with van der Waals surface area (Å²) in [4.78, 5) is 38.0. The quantitative estimate of drug-likeness (QED) is 0.514. The highest BCUT2D eigenvalue weighted by molar-refractivity contribution is 6.33. The van der Waals surface area contributed by atoms with Crippen molar-refractivity contribution in [3.05, 3.63) is 53.1 Å². The molecule has 1 aliphatic carbocycles. The molecule has 0 radical (unpaired) electrons. The summed E-state index contributed by atoms with van der Waals surface area (Å²) in [5.41, 5.74) is -0.601. The predicted molar refractivity (Wildman–Crippen MR) is 143 cm³/mol. The van der Waals surface area contributed by atoms with Gasteiger partial charge in [-0.05, 0) is 24.6 Å². The monoisotopic (exact) mass is 546 g/mol. The summed E-state index contributed by atoms with van der Waals surface area (Å²) in [7, 11) is 3.29. The summed E-state index contributed by atoms with van der Waals surface area (Å²) in [6.45, 7) is 5.36. The summed E-state index contributed by atoms with van der Waals surface area (Å²) in [5, 5.41) is 13.6. The zero-order chi connectivity index (χ0) is 27.6. The number of allylic oxidation sites excluding steroid dienone is 2. The molecule has 0 spiro atoms. The molecule has 202 valence electrons. The van der Waals surface area contributed by atoms with E-state index in [1.807, 2.05) is 4.90 Å². The van der Waals surface area contributed by atoms with Gasteiger partial charge < -0.3 is 25.1 Å². The molecule has 2 aromatic rings. The first-order chi connectivity index (χ1) is 18.1. The Labute approximate surface area is 224 Å². The van der Waals surface area contributed by atoms with Gasteiger partial charge in [0, 0.05) is 69.8 Å². The zero-order valence-corrected chi connectivity index (χ0v) is 21.9. The summed E-state index contributed by atoms with van der Waals surface area (Å²) >= 11 is 6.48. The van der Waals surface area contributed by atoms with Gasteiger partial charge in [-0.1, -0.05) is 24.3 Å². The minimum atomic E-state index is -1.27. The van der Waals surface area contributed by atoms with Crippen LogP contribution in [0.4, 0.5) is 20.5 Å². The van der Waals surface area contributed by atoms with Crippen LogP contribution in [-0.4, -0.2) is 89.6 Å². The lowest BCUT2D eigenvalue weighted by Gasteiger charge is -2.35. The lowest BCUT2D eigenvalue weighted by atomic mass is 9.92. The topological polar surface area (TPSA) is 102 Å². The van der Waals surface area contributed by atoms with E-state index in [1.165, 1.54) is 29.2 Å². The van der Waals surface area contributed by atoms with Gasteiger partial charge in [0.2, 0.25) is 17.8 Å². The van der Waals surface area contributed by atoms with Crippen LogP contribution in [0.1, 0.15) is 18.4 Å². The molecule has 1 aromatic carbocycles. The Balaban J connectivity index is 1.79. The average Bonchev–Trinajstić information content (AvgIpc) is 2.89. The number of nitrogens with one attached hydrogen (secondary N) is 1. The number of hydrogen-bond donors (Lipinski definition) is 2. The van der Waals surface area contributed by atoms with Crippen molar-refractivity contribution in [2.75, 3.05) is 57.0 Å². The maximum atomic E-state index is 16.1. The molecule has 1 aliphatic heterocycles. The molecule has 0 saturated carbocycles. The standard InChI is InChI=1S/C26H29ClF2N6O3/c1-4-19(37)34-10-12-35(13-11-34)25-15-14-16(27)21(22-17(28)6-5-7-18(22)36)23(29)24(15)31-26(32-25)30-9-8-20(38)33(2)3/h4-6,14,18,36H,1,7-13H2,2-3H3,(H,30,31,32). The summed E-state index contributed by atoms with van der Waals surface area (Å²) in [6, 6.07) is 1.47. The Kier molecular flexibility index (Phi) is 8.27. The van der Waals surface area contributed by atoms with Gasteiger partial charge in [-0.15, -0.1) is 0 Å². The van der Waals surface area contributed by atoms with Crippen LogP contribution in [0.15, 0.2) is 36.7 Å². The van der Waals surface area contributed by atoms with Gasteiger partial charge in [-0.2, -0.15) is 4.98 Å². The van der Waals surface area contributed by atoms with Crippen LogP contribution in [0.2, 0.25) is 5.02 Å². The molecule has 1 atom stereocenters. The van der Waals surface area contributed by atoms with Crippen LogP contribution in [0, 0.1) is 5.82 Å². The smallest absolute Gasteiger partial charge is 0.246 e. The number of amides is 2. The predicted octanol–water partition coefficient (Wildman–Crippen LogP) is 3.15. The van der Waals surface area contributed by atoms with Gasteiger partial charge >= 0.3 is 0 Å². The van der Waals surface area contributed by atoms with E-state index in [0.29, 0.717) is 37.4 Å². The highest BCUT2D eigenvalue weighted by Crippen LogP contribution is 2.40. The van der Waals surface area contributed by atoms with Crippen molar-refractivity contribution in [1.29, 1.82) is 0 Å². The zero-order valence-electron chi connectivity index (χ0n) is 21.2. The second-order valence-corrected chi connectivity index (χ2v) is 9.62. The average molecular weight is 547 g/mol. The normalized spacial score (nSPS) is 17.7. The second kappa shape index (κ2) is 11.4. The number of carbonyl (C=O) groups is 2. The summed E-state index contributed by atoms with van der Waals surface area (Å²) < 4.78 is 30.8. The maximum Gasteiger partial charge on any atom is 0.246 e. The molecule has 1 unspecified atom stereocenters. The van der Waals surface area contributed by atoms with Crippen molar-refractivity contribution in [1.82, 2.24) is 19.8 Å². The third-order valence-corrected chi connectivity index (χ3v) is 6.83. The van der Waals surface area contributed by atoms with Crippen LogP contribution < -0.4 is 10.2 Å². The molecule has 9 nitrogen and oxygen atoms in total. The van der Waals surface area contributed by atoms with E-state index in [2.05, 4.69) is 21.9 Å². The number of aliphatic hydroxyl groups excluding tert-OH is 1. The molecular weight excluding hydrogens is 518 g/mol. The molecular formula is C26H29ClF2N6O3.